The molecule has 0 bridgehead atoms. The Kier molecular flexibility index (Phi) is 6.27. The van der Waals surface area contributed by atoms with E-state index in [1.165, 1.54) is 0 Å². The predicted molar refractivity (Wildman–Crippen MR) is 57.6 cm³/mol. The summed E-state index contributed by atoms with van der Waals surface area (Å²) in [6, 6.07) is -0.0117. The zero-order valence-corrected chi connectivity index (χ0v) is 9.96. The van der Waals surface area contributed by atoms with Gasteiger partial charge in [-0.3, -0.25) is 11.3 Å². The summed E-state index contributed by atoms with van der Waals surface area (Å²) in [5.74, 6) is 5.51. The number of nitrogens with two attached hydrogens (primary N) is 1. The average molecular weight is 204 g/mol. The zero-order chi connectivity index (χ0) is 11.2. The third-order valence-electron chi connectivity index (χ3n) is 2.05. The lowest BCUT2D eigenvalue weighted by Gasteiger charge is -2.35. The average Bonchev–Trinajstić information content (AvgIpc) is 2.03. The molecule has 4 heteroatoms. The third-order valence-corrected chi connectivity index (χ3v) is 2.05. The van der Waals surface area contributed by atoms with Gasteiger partial charge in [-0.25, -0.2) is 0 Å². The molecular formula is C10H24N2O2. The molecule has 0 aliphatic rings. The fourth-order valence-electron chi connectivity index (χ4n) is 1.31. The Labute approximate surface area is 87.1 Å². The first kappa shape index (κ1) is 13.8. The van der Waals surface area contributed by atoms with Gasteiger partial charge in [-0.2, -0.15) is 0 Å². The Bertz CT molecular complexity index is 140. The van der Waals surface area contributed by atoms with E-state index in [0.717, 1.165) is 0 Å². The Morgan fingerprint density at radius 1 is 1.14 bits per heavy atom. The highest BCUT2D eigenvalue weighted by molar-refractivity contribution is 4.81. The molecule has 4 nitrogen and oxygen atoms in total. The van der Waals surface area contributed by atoms with E-state index in [2.05, 4.69) is 26.2 Å². The maximum atomic E-state index is 5.51. The van der Waals surface area contributed by atoms with Crippen molar-refractivity contribution < 1.29 is 9.47 Å². The van der Waals surface area contributed by atoms with Crippen molar-refractivity contribution in [2.24, 2.45) is 11.3 Å². The van der Waals surface area contributed by atoms with Gasteiger partial charge in [0.15, 0.2) is 6.29 Å². The number of hydrogen-bond acceptors (Lipinski definition) is 4. The molecule has 0 amide bonds. The lowest BCUT2D eigenvalue weighted by atomic mass is 9.86. The summed E-state index contributed by atoms with van der Waals surface area (Å²) in [4.78, 5) is 0. The molecule has 14 heavy (non-hydrogen) atoms. The molecule has 0 heterocycles. The molecule has 0 radical (unpaired) electrons. The van der Waals surface area contributed by atoms with Gasteiger partial charge in [0.1, 0.15) is 0 Å². The molecule has 0 saturated heterocycles. The van der Waals surface area contributed by atoms with E-state index < -0.39 is 0 Å². The Morgan fingerprint density at radius 3 is 1.79 bits per heavy atom. The SMILES string of the molecule is CCOC(OCC)C(NN)C(C)(C)C. The van der Waals surface area contributed by atoms with Crippen molar-refractivity contribution in [1.29, 1.82) is 0 Å². The van der Waals surface area contributed by atoms with Crippen LogP contribution in [0.1, 0.15) is 34.6 Å². The minimum absolute atomic E-state index is 0.00373. The molecule has 86 valence electrons. The van der Waals surface area contributed by atoms with E-state index in [1.54, 1.807) is 0 Å². The molecule has 0 aromatic carbocycles. The monoisotopic (exact) mass is 204 g/mol. The van der Waals surface area contributed by atoms with Crippen LogP contribution in [0.25, 0.3) is 0 Å². The first-order valence-corrected chi connectivity index (χ1v) is 5.16. The van der Waals surface area contributed by atoms with Crippen LogP contribution in [0.3, 0.4) is 0 Å². The van der Waals surface area contributed by atoms with Gasteiger partial charge in [-0.15, -0.1) is 0 Å². The van der Waals surface area contributed by atoms with E-state index >= 15 is 0 Å². The summed E-state index contributed by atoms with van der Waals surface area (Å²) in [5, 5.41) is 0. The van der Waals surface area contributed by atoms with Crippen LogP contribution >= 0.6 is 0 Å². The number of nitrogens with one attached hydrogen (secondary N) is 1. The van der Waals surface area contributed by atoms with Crippen molar-refractivity contribution in [3.05, 3.63) is 0 Å². The molecule has 0 aromatic rings. The van der Waals surface area contributed by atoms with Gasteiger partial charge >= 0.3 is 0 Å². The first-order valence-electron chi connectivity index (χ1n) is 5.16. The van der Waals surface area contributed by atoms with Gasteiger partial charge in [0, 0.05) is 13.2 Å². The molecular weight excluding hydrogens is 180 g/mol. The summed E-state index contributed by atoms with van der Waals surface area (Å²) in [5.41, 5.74) is 2.77. The highest BCUT2D eigenvalue weighted by Crippen LogP contribution is 2.23. The van der Waals surface area contributed by atoms with E-state index in [1.807, 2.05) is 13.8 Å². The normalized spacial score (nSPS) is 14.8. The summed E-state index contributed by atoms with van der Waals surface area (Å²) in [7, 11) is 0. The van der Waals surface area contributed by atoms with E-state index in [4.69, 9.17) is 15.3 Å². The van der Waals surface area contributed by atoms with Crippen LogP contribution in [0.15, 0.2) is 0 Å². The van der Waals surface area contributed by atoms with Crippen LogP contribution in [-0.4, -0.2) is 25.5 Å². The standard InChI is InChI=1S/C10H24N2O2/c1-6-13-9(14-7-2)8(12-11)10(3,4)5/h8-9,12H,6-7,11H2,1-5H3. The highest BCUT2D eigenvalue weighted by atomic mass is 16.7. The highest BCUT2D eigenvalue weighted by Gasteiger charge is 2.32. The number of ether oxygens (including phenoxy) is 2. The Hall–Kier alpha value is -0.160. The number of hydrazine groups is 1. The van der Waals surface area contributed by atoms with Crippen LogP contribution in [0.2, 0.25) is 0 Å². The van der Waals surface area contributed by atoms with Crippen LogP contribution in [-0.2, 0) is 9.47 Å². The number of hydrogen-bond donors (Lipinski definition) is 2. The largest absolute Gasteiger partial charge is 0.351 e. The summed E-state index contributed by atoms with van der Waals surface area (Å²) < 4.78 is 11.0. The van der Waals surface area contributed by atoms with Crippen molar-refractivity contribution in [2.45, 2.75) is 47.0 Å². The van der Waals surface area contributed by atoms with Crippen LogP contribution in [0, 0.1) is 5.41 Å². The van der Waals surface area contributed by atoms with Gasteiger partial charge in [0.25, 0.3) is 0 Å². The molecule has 0 rings (SSSR count). The van der Waals surface area contributed by atoms with E-state index in [0.29, 0.717) is 13.2 Å². The summed E-state index contributed by atoms with van der Waals surface area (Å²) in [6.45, 7) is 11.4. The quantitative estimate of drug-likeness (QED) is 0.388. The lowest BCUT2D eigenvalue weighted by molar-refractivity contribution is -0.169. The van der Waals surface area contributed by atoms with Crippen LogP contribution in [0.5, 0.6) is 0 Å². The molecule has 3 N–H and O–H groups in total. The minimum Gasteiger partial charge on any atom is -0.351 e. The molecule has 0 saturated carbocycles. The summed E-state index contributed by atoms with van der Waals surface area (Å²) in [6.07, 6.45) is -0.282. The predicted octanol–water partition coefficient (Wildman–Crippen LogP) is 1.26. The molecule has 0 aliphatic carbocycles. The Morgan fingerprint density at radius 2 is 1.57 bits per heavy atom. The number of rotatable bonds is 6. The van der Waals surface area contributed by atoms with Crippen LogP contribution in [0.4, 0.5) is 0 Å². The molecule has 0 aliphatic heterocycles. The van der Waals surface area contributed by atoms with Gasteiger partial charge in [0.05, 0.1) is 6.04 Å². The van der Waals surface area contributed by atoms with E-state index in [9.17, 15) is 0 Å². The van der Waals surface area contributed by atoms with Gasteiger partial charge in [-0.1, -0.05) is 20.8 Å². The lowest BCUT2D eigenvalue weighted by Crippen LogP contribution is -2.53. The summed E-state index contributed by atoms with van der Waals surface area (Å²) >= 11 is 0. The van der Waals surface area contributed by atoms with Gasteiger partial charge in [-0.05, 0) is 19.3 Å². The Balaban J connectivity index is 4.41. The van der Waals surface area contributed by atoms with Crippen molar-refractivity contribution in [2.75, 3.05) is 13.2 Å². The topological polar surface area (TPSA) is 56.5 Å². The fraction of sp³-hybridized carbons (Fsp3) is 1.00. The first-order chi connectivity index (χ1) is 6.47. The molecule has 0 fully saturated rings. The third kappa shape index (κ3) is 4.37. The fourth-order valence-corrected chi connectivity index (χ4v) is 1.31. The van der Waals surface area contributed by atoms with Crippen LogP contribution < -0.4 is 11.3 Å². The molecule has 1 atom stereocenters. The maximum absolute atomic E-state index is 5.51. The zero-order valence-electron chi connectivity index (χ0n) is 9.96. The second-order valence-corrected chi connectivity index (χ2v) is 4.29. The van der Waals surface area contributed by atoms with Crippen molar-refractivity contribution >= 4 is 0 Å². The van der Waals surface area contributed by atoms with E-state index in [-0.39, 0.29) is 17.7 Å². The second kappa shape index (κ2) is 6.35. The minimum atomic E-state index is -0.282. The molecule has 0 spiro atoms. The van der Waals surface area contributed by atoms with Gasteiger partial charge in [0.2, 0.25) is 0 Å². The molecule has 1 unspecified atom stereocenters. The second-order valence-electron chi connectivity index (χ2n) is 4.29. The van der Waals surface area contributed by atoms with Crippen molar-refractivity contribution in [3.8, 4) is 0 Å². The molecule has 0 aromatic heterocycles. The van der Waals surface area contributed by atoms with Crippen molar-refractivity contribution in [3.63, 3.8) is 0 Å². The van der Waals surface area contributed by atoms with Crippen molar-refractivity contribution in [1.82, 2.24) is 5.43 Å². The maximum Gasteiger partial charge on any atom is 0.174 e. The van der Waals surface area contributed by atoms with Gasteiger partial charge < -0.3 is 9.47 Å². The smallest absolute Gasteiger partial charge is 0.174 e.